The van der Waals surface area contributed by atoms with Crippen molar-refractivity contribution in [2.24, 2.45) is 0 Å². The summed E-state index contributed by atoms with van der Waals surface area (Å²) < 4.78 is 6.27. The zero-order chi connectivity index (χ0) is 18.0. The summed E-state index contributed by atoms with van der Waals surface area (Å²) in [5.74, 6) is 1.52. The largest absolute Gasteiger partial charge is 0.497 e. The molecule has 3 rings (SSSR count). The van der Waals surface area contributed by atoms with Gasteiger partial charge in [-0.1, -0.05) is 6.92 Å². The maximum absolute atomic E-state index is 12.6. The van der Waals surface area contributed by atoms with Crippen LogP contribution in [0.15, 0.2) is 29.1 Å². The molecule has 1 aromatic carbocycles. The quantitative estimate of drug-likeness (QED) is 0.670. The van der Waals surface area contributed by atoms with Gasteiger partial charge in [0.2, 0.25) is 0 Å². The first kappa shape index (κ1) is 16.5. The third-order valence-electron chi connectivity index (χ3n) is 3.60. The predicted octanol–water partition coefficient (Wildman–Crippen LogP) is 1.94. The van der Waals surface area contributed by atoms with Crippen LogP contribution < -0.4 is 20.9 Å². The Bertz CT molecular complexity index is 974. The molecule has 3 N–H and O–H groups in total. The summed E-state index contributed by atoms with van der Waals surface area (Å²) in [5.41, 5.74) is 0.756. The highest BCUT2D eigenvalue weighted by atomic mass is 16.5. The highest BCUT2D eigenvalue weighted by Gasteiger charge is 2.16. The molecular formula is C16H18N6O3. The summed E-state index contributed by atoms with van der Waals surface area (Å²) >= 11 is 0. The van der Waals surface area contributed by atoms with Gasteiger partial charge in [0.25, 0.3) is 11.3 Å². The number of methoxy groups -OCH3 is 1. The number of amides is 2. The summed E-state index contributed by atoms with van der Waals surface area (Å²) in [6, 6.07) is 6.32. The van der Waals surface area contributed by atoms with Crippen molar-refractivity contribution in [1.29, 1.82) is 0 Å². The van der Waals surface area contributed by atoms with Gasteiger partial charge in [0.15, 0.2) is 0 Å². The van der Waals surface area contributed by atoms with E-state index in [1.807, 2.05) is 6.92 Å². The van der Waals surface area contributed by atoms with Crippen LogP contribution in [-0.4, -0.2) is 32.7 Å². The number of carbonyl (C=O) groups excluding carboxylic acids is 1. The molecule has 0 fully saturated rings. The second-order valence-electron chi connectivity index (χ2n) is 5.34. The Morgan fingerprint density at radius 1 is 1.24 bits per heavy atom. The number of benzene rings is 1. The number of aromatic amines is 1. The lowest BCUT2D eigenvalue weighted by atomic mass is 10.2. The minimum Gasteiger partial charge on any atom is -0.497 e. The molecule has 0 saturated heterocycles. The van der Waals surface area contributed by atoms with E-state index < -0.39 is 11.6 Å². The Labute approximate surface area is 143 Å². The number of rotatable bonds is 4. The first-order valence-corrected chi connectivity index (χ1v) is 7.72. The number of hydrogen-bond acceptors (Lipinski definition) is 5. The first-order valence-electron chi connectivity index (χ1n) is 7.72. The summed E-state index contributed by atoms with van der Waals surface area (Å²) in [6.07, 6.45) is 0.482. The van der Waals surface area contributed by atoms with Crippen LogP contribution in [0.5, 0.6) is 5.75 Å². The molecular weight excluding hydrogens is 324 g/mol. The molecule has 0 spiro atoms. The van der Waals surface area contributed by atoms with Gasteiger partial charge >= 0.3 is 6.03 Å². The average molecular weight is 342 g/mol. The minimum absolute atomic E-state index is 0.120. The Morgan fingerprint density at radius 3 is 2.60 bits per heavy atom. The summed E-state index contributed by atoms with van der Waals surface area (Å²) in [7, 11) is 1.56. The molecule has 9 nitrogen and oxygen atoms in total. The molecule has 130 valence electrons. The van der Waals surface area contributed by atoms with Crippen LogP contribution in [0, 0.1) is 6.92 Å². The molecule has 2 aromatic heterocycles. The molecule has 0 radical (unpaired) electrons. The molecule has 0 unspecified atom stereocenters. The van der Waals surface area contributed by atoms with Crippen LogP contribution in [0.4, 0.5) is 16.2 Å². The lowest BCUT2D eigenvalue weighted by molar-refractivity contribution is 0.262. The highest BCUT2D eigenvalue weighted by molar-refractivity contribution is 6.00. The van der Waals surface area contributed by atoms with Gasteiger partial charge in [0.05, 0.1) is 12.8 Å². The molecule has 0 bridgehead atoms. The fourth-order valence-corrected chi connectivity index (χ4v) is 2.40. The van der Waals surface area contributed by atoms with Crippen molar-refractivity contribution < 1.29 is 9.53 Å². The number of aromatic nitrogens is 4. The van der Waals surface area contributed by atoms with Gasteiger partial charge < -0.3 is 15.4 Å². The number of H-pyrrole nitrogens is 1. The summed E-state index contributed by atoms with van der Waals surface area (Å²) in [5, 5.41) is 8.05. The van der Waals surface area contributed by atoms with E-state index in [4.69, 9.17) is 4.74 Å². The average Bonchev–Trinajstić information content (AvgIpc) is 2.98. The normalized spacial score (nSPS) is 10.7. The number of aryl methyl sites for hydroxylation is 2. The molecule has 2 amide bonds. The summed E-state index contributed by atoms with van der Waals surface area (Å²) in [4.78, 5) is 33.3. The van der Waals surface area contributed by atoms with Crippen molar-refractivity contribution in [3.05, 3.63) is 46.1 Å². The number of anilines is 2. The van der Waals surface area contributed by atoms with Crippen molar-refractivity contribution in [3.8, 4) is 5.75 Å². The van der Waals surface area contributed by atoms with Crippen LogP contribution in [0.1, 0.15) is 18.4 Å². The van der Waals surface area contributed by atoms with Crippen molar-refractivity contribution in [1.82, 2.24) is 19.6 Å². The van der Waals surface area contributed by atoms with Gasteiger partial charge in [-0.2, -0.15) is 9.50 Å². The Morgan fingerprint density at radius 2 is 1.96 bits per heavy atom. The number of ether oxygens (including phenoxy) is 1. The second kappa shape index (κ2) is 6.63. The third-order valence-corrected chi connectivity index (χ3v) is 3.60. The second-order valence-corrected chi connectivity index (χ2v) is 5.34. The first-order chi connectivity index (χ1) is 12.0. The van der Waals surface area contributed by atoms with E-state index in [-0.39, 0.29) is 11.5 Å². The zero-order valence-electron chi connectivity index (χ0n) is 14.1. The van der Waals surface area contributed by atoms with E-state index in [9.17, 15) is 9.59 Å². The van der Waals surface area contributed by atoms with E-state index in [0.717, 1.165) is 0 Å². The van der Waals surface area contributed by atoms with Crippen LogP contribution in [0.3, 0.4) is 0 Å². The molecule has 2 heterocycles. The molecule has 0 aliphatic carbocycles. The van der Waals surface area contributed by atoms with Crippen LogP contribution >= 0.6 is 0 Å². The molecule has 0 saturated carbocycles. The Kier molecular flexibility index (Phi) is 4.38. The number of nitrogens with one attached hydrogen (secondary N) is 3. The van der Waals surface area contributed by atoms with Crippen molar-refractivity contribution in [2.75, 3.05) is 17.7 Å². The SMILES string of the molecule is CCc1nc2nc(C)[nH]n2c(=O)c1NC(=O)Nc1ccc(OC)cc1. The van der Waals surface area contributed by atoms with Gasteiger partial charge in [-0.15, -0.1) is 0 Å². The number of nitrogens with zero attached hydrogens (tertiary/aromatic N) is 3. The van der Waals surface area contributed by atoms with E-state index in [1.165, 1.54) is 4.52 Å². The highest BCUT2D eigenvalue weighted by Crippen LogP contribution is 2.16. The third kappa shape index (κ3) is 3.30. The fourth-order valence-electron chi connectivity index (χ4n) is 2.40. The van der Waals surface area contributed by atoms with Gasteiger partial charge in [-0.25, -0.2) is 9.78 Å². The van der Waals surface area contributed by atoms with Crippen LogP contribution in [0.2, 0.25) is 0 Å². The Balaban J connectivity index is 1.86. The maximum atomic E-state index is 12.6. The van der Waals surface area contributed by atoms with Gasteiger partial charge in [0.1, 0.15) is 17.3 Å². The fraction of sp³-hybridized carbons (Fsp3) is 0.250. The molecule has 0 aliphatic heterocycles. The summed E-state index contributed by atoms with van der Waals surface area (Å²) in [6.45, 7) is 3.58. The lowest BCUT2D eigenvalue weighted by Gasteiger charge is -2.10. The van der Waals surface area contributed by atoms with E-state index in [2.05, 4.69) is 25.7 Å². The molecule has 9 heteroatoms. The zero-order valence-corrected chi connectivity index (χ0v) is 14.1. The smallest absolute Gasteiger partial charge is 0.323 e. The maximum Gasteiger partial charge on any atom is 0.323 e. The van der Waals surface area contributed by atoms with Gasteiger partial charge in [-0.05, 0) is 37.6 Å². The Hall–Kier alpha value is -3.36. The number of fused-ring (bicyclic) bond motifs is 1. The number of urea groups is 1. The van der Waals surface area contributed by atoms with E-state index in [1.54, 1.807) is 38.3 Å². The van der Waals surface area contributed by atoms with Gasteiger partial charge in [-0.3, -0.25) is 9.89 Å². The molecule has 0 aliphatic rings. The molecule has 0 atom stereocenters. The van der Waals surface area contributed by atoms with Gasteiger partial charge in [0, 0.05) is 5.69 Å². The van der Waals surface area contributed by atoms with E-state index >= 15 is 0 Å². The predicted molar refractivity (Wildman–Crippen MR) is 93.4 cm³/mol. The van der Waals surface area contributed by atoms with Crippen molar-refractivity contribution in [3.63, 3.8) is 0 Å². The number of hydrogen-bond donors (Lipinski definition) is 3. The monoisotopic (exact) mass is 342 g/mol. The molecule has 25 heavy (non-hydrogen) atoms. The van der Waals surface area contributed by atoms with Crippen molar-refractivity contribution in [2.45, 2.75) is 20.3 Å². The van der Waals surface area contributed by atoms with E-state index in [0.29, 0.717) is 29.4 Å². The lowest BCUT2D eigenvalue weighted by Crippen LogP contribution is -2.28. The number of carbonyl (C=O) groups is 1. The molecule has 3 aromatic rings. The standard InChI is InChI=1S/C16H18N6O3/c1-4-12-13(14(23)22-15(19-12)17-9(2)21-22)20-16(24)18-10-5-7-11(25-3)8-6-10/h5-8H,4H2,1-3H3,(H,17,19,21)(H2,18,20,24). The van der Waals surface area contributed by atoms with Crippen molar-refractivity contribution >= 4 is 23.2 Å². The van der Waals surface area contributed by atoms with Crippen LogP contribution in [-0.2, 0) is 6.42 Å². The topological polar surface area (TPSA) is 113 Å². The van der Waals surface area contributed by atoms with Crippen LogP contribution in [0.25, 0.3) is 5.78 Å². The minimum atomic E-state index is -0.532.